The van der Waals surface area contributed by atoms with Gasteiger partial charge in [0.05, 0.1) is 30.4 Å². The van der Waals surface area contributed by atoms with Gasteiger partial charge in [0.2, 0.25) is 0 Å². The maximum absolute atomic E-state index is 6.34. The largest absolute Gasteiger partial charge is 0.493 e. The Morgan fingerprint density at radius 1 is 1.06 bits per heavy atom. The fourth-order valence-corrected chi connectivity index (χ4v) is 4.46. The summed E-state index contributed by atoms with van der Waals surface area (Å²) in [6.45, 7) is 3.71. The van der Waals surface area contributed by atoms with E-state index in [1.807, 2.05) is 49.4 Å². The number of aromatic nitrogens is 3. The van der Waals surface area contributed by atoms with E-state index in [0.29, 0.717) is 24.0 Å². The highest BCUT2D eigenvalue weighted by molar-refractivity contribution is 5.64. The lowest BCUT2D eigenvalue weighted by Crippen LogP contribution is -2.12. The summed E-state index contributed by atoms with van der Waals surface area (Å²) in [5.41, 5.74) is 3.47. The third-order valence-corrected chi connectivity index (χ3v) is 6.30. The molecule has 5 rings (SSSR count). The van der Waals surface area contributed by atoms with Gasteiger partial charge in [-0.25, -0.2) is 4.98 Å². The lowest BCUT2D eigenvalue weighted by atomic mass is 9.94. The van der Waals surface area contributed by atoms with Crippen molar-refractivity contribution in [3.8, 4) is 34.8 Å². The molecule has 0 spiro atoms. The second-order valence-electron chi connectivity index (χ2n) is 9.04. The molecule has 1 saturated carbocycles. The van der Waals surface area contributed by atoms with Crippen molar-refractivity contribution in [3.63, 3.8) is 0 Å². The van der Waals surface area contributed by atoms with Gasteiger partial charge in [0, 0.05) is 12.0 Å². The number of hydrogen-bond donors (Lipinski definition) is 0. The number of benzene rings is 2. The van der Waals surface area contributed by atoms with Crippen molar-refractivity contribution in [1.29, 1.82) is 0 Å². The molecule has 7 nitrogen and oxygen atoms in total. The fraction of sp³-hybridized carbons (Fsp3) is 0.345. The summed E-state index contributed by atoms with van der Waals surface area (Å²) in [5, 5.41) is 3.92. The minimum absolute atomic E-state index is 0.183. The Balaban J connectivity index is 1.51. The number of oxazole rings is 1. The van der Waals surface area contributed by atoms with Gasteiger partial charge < -0.3 is 18.4 Å². The molecule has 184 valence electrons. The number of hydrogen-bond acceptors (Lipinski definition) is 7. The van der Waals surface area contributed by atoms with Crippen LogP contribution in [-0.4, -0.2) is 28.3 Å². The molecular formula is C29H29N3O4. The SMILES string of the molecule is COc1ccc([C@@H](C#Cc2ccccc2-c2nc(C)no2)Cc2nc(C)co2)cc1OC1CCCC1. The molecule has 1 fully saturated rings. The van der Waals surface area contributed by atoms with Crippen LogP contribution in [0.15, 0.2) is 57.7 Å². The Labute approximate surface area is 210 Å². The molecule has 0 N–H and O–H groups in total. The fourth-order valence-electron chi connectivity index (χ4n) is 4.46. The van der Waals surface area contributed by atoms with Crippen molar-refractivity contribution in [3.05, 3.63) is 77.3 Å². The minimum Gasteiger partial charge on any atom is -0.493 e. The van der Waals surface area contributed by atoms with E-state index in [0.717, 1.165) is 46.7 Å². The molecule has 0 unspecified atom stereocenters. The number of rotatable bonds is 7. The van der Waals surface area contributed by atoms with Gasteiger partial charge in [-0.05, 0) is 69.4 Å². The van der Waals surface area contributed by atoms with E-state index in [4.69, 9.17) is 18.4 Å². The Hall–Kier alpha value is -4.05. The second kappa shape index (κ2) is 10.7. The van der Waals surface area contributed by atoms with E-state index < -0.39 is 0 Å². The van der Waals surface area contributed by atoms with Gasteiger partial charge in [-0.3, -0.25) is 0 Å². The van der Waals surface area contributed by atoms with Gasteiger partial charge in [-0.15, -0.1) is 0 Å². The minimum atomic E-state index is -0.183. The van der Waals surface area contributed by atoms with Crippen molar-refractivity contribution < 1.29 is 18.4 Å². The van der Waals surface area contributed by atoms with E-state index >= 15 is 0 Å². The predicted octanol–water partition coefficient (Wildman–Crippen LogP) is 6.05. The molecule has 0 saturated heterocycles. The summed E-state index contributed by atoms with van der Waals surface area (Å²) in [6.07, 6.45) is 6.94. The average molecular weight is 484 g/mol. The first kappa shape index (κ1) is 23.7. The van der Waals surface area contributed by atoms with Crippen LogP contribution < -0.4 is 9.47 Å². The van der Waals surface area contributed by atoms with Gasteiger partial charge in [0.15, 0.2) is 23.2 Å². The summed E-state index contributed by atoms with van der Waals surface area (Å²) in [4.78, 5) is 8.89. The van der Waals surface area contributed by atoms with Gasteiger partial charge in [-0.2, -0.15) is 4.98 Å². The van der Waals surface area contributed by atoms with Crippen molar-refractivity contribution in [2.45, 2.75) is 58.0 Å². The van der Waals surface area contributed by atoms with Crippen LogP contribution >= 0.6 is 0 Å². The zero-order valence-corrected chi connectivity index (χ0v) is 20.8. The summed E-state index contributed by atoms with van der Waals surface area (Å²) in [5.74, 6) is 9.76. The lowest BCUT2D eigenvalue weighted by Gasteiger charge is -2.18. The van der Waals surface area contributed by atoms with Crippen LogP contribution in [0, 0.1) is 25.7 Å². The van der Waals surface area contributed by atoms with E-state index in [9.17, 15) is 0 Å². The molecule has 0 amide bonds. The summed E-state index contributed by atoms with van der Waals surface area (Å²) < 4.78 is 23.0. The van der Waals surface area contributed by atoms with Crippen LogP contribution in [0.4, 0.5) is 0 Å². The summed E-state index contributed by atoms with van der Waals surface area (Å²) in [6, 6.07) is 13.8. The van der Waals surface area contributed by atoms with Crippen molar-refractivity contribution in [1.82, 2.24) is 15.1 Å². The lowest BCUT2D eigenvalue weighted by molar-refractivity contribution is 0.200. The van der Waals surface area contributed by atoms with Gasteiger partial charge in [-0.1, -0.05) is 35.2 Å². The molecule has 1 aliphatic rings. The number of nitrogens with zero attached hydrogens (tertiary/aromatic N) is 3. The molecule has 7 heteroatoms. The topological polar surface area (TPSA) is 83.4 Å². The highest BCUT2D eigenvalue weighted by atomic mass is 16.5. The molecule has 4 aromatic rings. The first-order valence-corrected chi connectivity index (χ1v) is 12.3. The maximum Gasteiger partial charge on any atom is 0.259 e. The van der Waals surface area contributed by atoms with Crippen LogP contribution in [0.25, 0.3) is 11.5 Å². The van der Waals surface area contributed by atoms with Crippen molar-refractivity contribution >= 4 is 0 Å². The van der Waals surface area contributed by atoms with Gasteiger partial charge in [0.25, 0.3) is 5.89 Å². The van der Waals surface area contributed by atoms with Crippen LogP contribution in [0.5, 0.6) is 11.5 Å². The molecule has 2 aromatic carbocycles. The predicted molar refractivity (Wildman–Crippen MR) is 135 cm³/mol. The average Bonchev–Trinajstić information content (AvgIpc) is 3.65. The normalized spacial score (nSPS) is 14.3. The number of methoxy groups -OCH3 is 1. The van der Waals surface area contributed by atoms with Gasteiger partial charge in [0.1, 0.15) is 6.26 Å². The van der Waals surface area contributed by atoms with E-state index in [1.165, 1.54) is 12.8 Å². The highest BCUT2D eigenvalue weighted by Crippen LogP contribution is 2.35. The Kier molecular flexibility index (Phi) is 7.03. The smallest absolute Gasteiger partial charge is 0.259 e. The van der Waals surface area contributed by atoms with E-state index in [1.54, 1.807) is 20.3 Å². The third-order valence-electron chi connectivity index (χ3n) is 6.30. The monoisotopic (exact) mass is 483 g/mol. The zero-order chi connectivity index (χ0) is 24.9. The molecular weight excluding hydrogens is 454 g/mol. The van der Waals surface area contributed by atoms with Crippen LogP contribution in [-0.2, 0) is 6.42 Å². The van der Waals surface area contributed by atoms with Crippen LogP contribution in [0.2, 0.25) is 0 Å². The molecule has 2 heterocycles. The summed E-state index contributed by atoms with van der Waals surface area (Å²) >= 11 is 0. The van der Waals surface area contributed by atoms with Crippen molar-refractivity contribution in [2.75, 3.05) is 7.11 Å². The van der Waals surface area contributed by atoms with E-state index in [-0.39, 0.29) is 12.0 Å². The van der Waals surface area contributed by atoms with Crippen LogP contribution in [0.1, 0.15) is 60.1 Å². The molecule has 1 aliphatic carbocycles. The molecule has 1 atom stereocenters. The first-order valence-electron chi connectivity index (χ1n) is 12.3. The summed E-state index contributed by atoms with van der Waals surface area (Å²) in [7, 11) is 1.67. The number of aryl methyl sites for hydroxylation is 2. The van der Waals surface area contributed by atoms with E-state index in [2.05, 4.69) is 27.0 Å². The van der Waals surface area contributed by atoms with Crippen molar-refractivity contribution in [2.24, 2.45) is 0 Å². The maximum atomic E-state index is 6.34. The zero-order valence-electron chi connectivity index (χ0n) is 20.8. The highest BCUT2D eigenvalue weighted by Gasteiger charge is 2.21. The Bertz CT molecular complexity index is 1390. The Morgan fingerprint density at radius 3 is 2.61 bits per heavy atom. The van der Waals surface area contributed by atoms with Crippen LogP contribution in [0.3, 0.4) is 0 Å². The Morgan fingerprint density at radius 2 is 1.89 bits per heavy atom. The third kappa shape index (κ3) is 5.44. The van der Waals surface area contributed by atoms with Gasteiger partial charge >= 0.3 is 0 Å². The standard InChI is InChI=1S/C29H29N3O4/c1-19-18-34-28(30-19)17-23(13-12-21-8-4-7-11-25(21)29-31-20(2)32-36-29)22-14-15-26(33-3)27(16-22)35-24-9-5-6-10-24/h4,7-8,11,14-16,18,23-24H,5-6,9-10,17H2,1-3H3/t23-/m0/s1. The molecule has 0 radical (unpaired) electrons. The quantitative estimate of drug-likeness (QED) is 0.296. The molecule has 0 aliphatic heterocycles. The molecule has 36 heavy (non-hydrogen) atoms. The molecule has 0 bridgehead atoms. The first-order chi connectivity index (χ1) is 17.6. The molecule has 2 aromatic heterocycles. The number of ether oxygens (including phenoxy) is 2. The second-order valence-corrected chi connectivity index (χ2v) is 9.04.